The quantitative estimate of drug-likeness (QED) is 0.506. The molecule has 2 heterocycles. The number of carboxylic acids is 1. The standard InChI is InChI=1S/C21H16ClN3O4/c22-15-6-2-3-7-18(15)25-10-9-16(24-25)20(26)23-17(21(27)28)11-13-12-29-19-8-4-1-5-14(13)19/h1-10,12,17H,11H2,(H,23,26)(H,27,28). The number of carbonyl (C=O) groups excluding carboxylic acids is 1. The van der Waals surface area contributed by atoms with E-state index >= 15 is 0 Å². The Morgan fingerprint density at radius 3 is 2.69 bits per heavy atom. The largest absolute Gasteiger partial charge is 0.480 e. The minimum Gasteiger partial charge on any atom is -0.480 e. The molecule has 1 atom stereocenters. The van der Waals surface area contributed by atoms with Crippen LogP contribution in [0, 0.1) is 0 Å². The van der Waals surface area contributed by atoms with E-state index in [-0.39, 0.29) is 12.1 Å². The summed E-state index contributed by atoms with van der Waals surface area (Å²) in [4.78, 5) is 24.3. The number of nitrogens with zero attached hydrogens (tertiary/aromatic N) is 2. The lowest BCUT2D eigenvalue weighted by atomic mass is 10.0. The molecule has 1 amide bonds. The number of rotatable bonds is 6. The van der Waals surface area contributed by atoms with Crippen molar-refractivity contribution in [2.24, 2.45) is 0 Å². The summed E-state index contributed by atoms with van der Waals surface area (Å²) in [5, 5.41) is 17.6. The summed E-state index contributed by atoms with van der Waals surface area (Å²) in [6, 6.07) is 14.8. The fourth-order valence-electron chi connectivity index (χ4n) is 3.06. The molecule has 7 nitrogen and oxygen atoms in total. The molecule has 0 saturated carbocycles. The van der Waals surface area contributed by atoms with Gasteiger partial charge >= 0.3 is 5.97 Å². The molecule has 0 bridgehead atoms. The van der Waals surface area contributed by atoms with Gasteiger partial charge in [-0.1, -0.05) is 41.9 Å². The molecule has 0 aliphatic heterocycles. The molecule has 0 fully saturated rings. The van der Waals surface area contributed by atoms with Gasteiger partial charge in [-0.2, -0.15) is 5.10 Å². The van der Waals surface area contributed by atoms with Gasteiger partial charge in [0.15, 0.2) is 5.69 Å². The maximum absolute atomic E-state index is 12.6. The lowest BCUT2D eigenvalue weighted by Gasteiger charge is -2.13. The number of hydrogen-bond donors (Lipinski definition) is 2. The second-order valence-corrected chi connectivity index (χ2v) is 6.83. The summed E-state index contributed by atoms with van der Waals surface area (Å²) in [5.74, 6) is -1.73. The Morgan fingerprint density at radius 2 is 1.90 bits per heavy atom. The van der Waals surface area contributed by atoms with Crippen LogP contribution in [0.1, 0.15) is 16.1 Å². The summed E-state index contributed by atoms with van der Waals surface area (Å²) in [6.07, 6.45) is 3.19. The number of carboxylic acid groups (broad SMARTS) is 1. The van der Waals surface area contributed by atoms with Gasteiger partial charge in [-0.3, -0.25) is 4.79 Å². The molecule has 1 unspecified atom stereocenters. The average molecular weight is 410 g/mol. The van der Waals surface area contributed by atoms with Crippen molar-refractivity contribution in [3.05, 3.63) is 83.3 Å². The molecule has 2 N–H and O–H groups in total. The number of fused-ring (bicyclic) bond motifs is 1. The second kappa shape index (κ2) is 7.81. The van der Waals surface area contributed by atoms with Gasteiger partial charge < -0.3 is 14.8 Å². The van der Waals surface area contributed by atoms with Gasteiger partial charge in [-0.25, -0.2) is 9.48 Å². The van der Waals surface area contributed by atoms with E-state index in [0.29, 0.717) is 21.9 Å². The number of nitrogens with one attached hydrogen (secondary N) is 1. The first-order chi connectivity index (χ1) is 14.0. The summed E-state index contributed by atoms with van der Waals surface area (Å²) in [7, 11) is 0. The van der Waals surface area contributed by atoms with Crippen molar-refractivity contribution in [3.63, 3.8) is 0 Å². The molecule has 0 aliphatic rings. The molecule has 146 valence electrons. The molecule has 29 heavy (non-hydrogen) atoms. The Bertz CT molecular complexity index is 1200. The number of halogens is 1. The smallest absolute Gasteiger partial charge is 0.326 e. The summed E-state index contributed by atoms with van der Waals surface area (Å²) < 4.78 is 6.92. The van der Waals surface area contributed by atoms with Gasteiger partial charge in [-0.15, -0.1) is 0 Å². The Hall–Kier alpha value is -3.58. The Kier molecular flexibility index (Phi) is 5.05. The van der Waals surface area contributed by atoms with Gasteiger partial charge in [0.1, 0.15) is 11.6 Å². The second-order valence-electron chi connectivity index (χ2n) is 6.42. The van der Waals surface area contributed by atoms with Gasteiger partial charge in [0.2, 0.25) is 0 Å². The zero-order chi connectivity index (χ0) is 20.4. The minimum atomic E-state index is -1.14. The van der Waals surface area contributed by atoms with Crippen molar-refractivity contribution >= 4 is 34.4 Å². The lowest BCUT2D eigenvalue weighted by Crippen LogP contribution is -2.42. The summed E-state index contributed by atoms with van der Waals surface area (Å²) >= 11 is 6.15. The maximum Gasteiger partial charge on any atom is 0.326 e. The molecular formula is C21H16ClN3O4. The minimum absolute atomic E-state index is 0.0866. The normalized spacial score (nSPS) is 12.0. The fourth-order valence-corrected chi connectivity index (χ4v) is 3.28. The predicted octanol–water partition coefficient (Wildman–Crippen LogP) is 3.70. The Balaban J connectivity index is 1.53. The van der Waals surface area contributed by atoms with E-state index in [2.05, 4.69) is 10.4 Å². The van der Waals surface area contributed by atoms with Crippen LogP contribution in [0.2, 0.25) is 5.02 Å². The molecule has 2 aromatic carbocycles. The van der Waals surface area contributed by atoms with Crippen LogP contribution in [-0.2, 0) is 11.2 Å². The zero-order valence-corrected chi connectivity index (χ0v) is 15.8. The summed E-state index contributed by atoms with van der Waals surface area (Å²) in [6.45, 7) is 0. The monoisotopic (exact) mass is 409 g/mol. The van der Waals surface area contributed by atoms with Crippen LogP contribution in [0.15, 0.2) is 71.5 Å². The van der Waals surface area contributed by atoms with Crippen molar-refractivity contribution in [1.29, 1.82) is 0 Å². The van der Waals surface area contributed by atoms with Crippen molar-refractivity contribution in [3.8, 4) is 5.69 Å². The third-order valence-electron chi connectivity index (χ3n) is 4.51. The number of hydrogen-bond acceptors (Lipinski definition) is 4. The highest BCUT2D eigenvalue weighted by Crippen LogP contribution is 2.22. The number of furan rings is 1. The van der Waals surface area contributed by atoms with E-state index < -0.39 is 17.9 Å². The first-order valence-corrected chi connectivity index (χ1v) is 9.20. The van der Waals surface area contributed by atoms with Gasteiger partial charge in [0.05, 0.1) is 17.0 Å². The van der Waals surface area contributed by atoms with Crippen molar-refractivity contribution in [1.82, 2.24) is 15.1 Å². The average Bonchev–Trinajstić information content (AvgIpc) is 3.35. The number of benzene rings is 2. The molecule has 0 saturated heterocycles. The van der Waals surface area contributed by atoms with E-state index in [4.69, 9.17) is 16.0 Å². The van der Waals surface area contributed by atoms with Gasteiger partial charge in [-0.05, 0) is 24.3 Å². The molecule has 4 rings (SSSR count). The van der Waals surface area contributed by atoms with Crippen LogP contribution >= 0.6 is 11.6 Å². The number of carbonyl (C=O) groups is 2. The Morgan fingerprint density at radius 1 is 1.14 bits per heavy atom. The van der Waals surface area contributed by atoms with Crippen LogP contribution in [-0.4, -0.2) is 32.8 Å². The third kappa shape index (κ3) is 3.86. The SMILES string of the molecule is O=C(NC(Cc1coc2ccccc12)C(=O)O)c1ccn(-c2ccccc2Cl)n1. The van der Waals surface area contributed by atoms with E-state index in [1.54, 1.807) is 36.5 Å². The molecule has 0 spiro atoms. The Labute approximate surface area is 170 Å². The zero-order valence-electron chi connectivity index (χ0n) is 15.1. The highest BCUT2D eigenvalue weighted by atomic mass is 35.5. The third-order valence-corrected chi connectivity index (χ3v) is 4.83. The van der Waals surface area contributed by atoms with E-state index in [1.807, 2.05) is 18.2 Å². The first kappa shape index (κ1) is 18.8. The maximum atomic E-state index is 12.6. The number of para-hydroxylation sites is 2. The van der Waals surface area contributed by atoms with Crippen molar-refractivity contribution in [2.45, 2.75) is 12.5 Å². The lowest BCUT2D eigenvalue weighted by molar-refractivity contribution is -0.139. The molecule has 2 aromatic heterocycles. The molecule has 8 heteroatoms. The highest BCUT2D eigenvalue weighted by molar-refractivity contribution is 6.32. The molecule has 4 aromatic rings. The van der Waals surface area contributed by atoms with Crippen molar-refractivity contribution in [2.75, 3.05) is 0 Å². The molecule has 0 radical (unpaired) electrons. The molecular weight excluding hydrogens is 394 g/mol. The fraction of sp³-hybridized carbons (Fsp3) is 0.0952. The van der Waals surface area contributed by atoms with E-state index in [1.165, 1.54) is 17.0 Å². The molecule has 0 aliphatic carbocycles. The topological polar surface area (TPSA) is 97.4 Å². The van der Waals surface area contributed by atoms with Crippen LogP contribution in [0.5, 0.6) is 0 Å². The number of aromatic nitrogens is 2. The van der Waals surface area contributed by atoms with Crippen LogP contribution in [0.3, 0.4) is 0 Å². The van der Waals surface area contributed by atoms with Gasteiger partial charge in [0.25, 0.3) is 5.91 Å². The predicted molar refractivity (Wildman–Crippen MR) is 107 cm³/mol. The van der Waals surface area contributed by atoms with Crippen LogP contribution in [0.4, 0.5) is 0 Å². The van der Waals surface area contributed by atoms with E-state index in [9.17, 15) is 14.7 Å². The van der Waals surface area contributed by atoms with Crippen LogP contribution in [0.25, 0.3) is 16.7 Å². The first-order valence-electron chi connectivity index (χ1n) is 8.82. The summed E-state index contributed by atoms with van der Waals surface area (Å²) in [5.41, 5.74) is 2.08. The number of amides is 1. The highest BCUT2D eigenvalue weighted by Gasteiger charge is 2.24. The number of aliphatic carboxylic acids is 1. The van der Waals surface area contributed by atoms with Crippen LogP contribution < -0.4 is 5.32 Å². The van der Waals surface area contributed by atoms with Crippen molar-refractivity contribution < 1.29 is 19.1 Å². The van der Waals surface area contributed by atoms with E-state index in [0.717, 1.165) is 5.39 Å². The van der Waals surface area contributed by atoms with Gasteiger partial charge in [0, 0.05) is 23.6 Å².